The minimum absolute atomic E-state index is 0.196. The summed E-state index contributed by atoms with van der Waals surface area (Å²) in [6.07, 6.45) is 3.22. The Balaban J connectivity index is 2.23. The van der Waals surface area contributed by atoms with Gasteiger partial charge in [-0.25, -0.2) is 0 Å². The monoisotopic (exact) mass is 334 g/mol. The van der Waals surface area contributed by atoms with E-state index in [9.17, 15) is 4.79 Å². The molecule has 0 saturated carbocycles. The van der Waals surface area contributed by atoms with Gasteiger partial charge in [0, 0.05) is 19.6 Å². The average molecular weight is 334 g/mol. The minimum Gasteiger partial charge on any atom is -0.493 e. The van der Waals surface area contributed by atoms with Crippen molar-refractivity contribution in [3.63, 3.8) is 0 Å². The lowest BCUT2D eigenvalue weighted by Crippen LogP contribution is -2.48. The van der Waals surface area contributed by atoms with Crippen molar-refractivity contribution in [1.82, 2.24) is 4.90 Å². The Labute approximate surface area is 145 Å². The third kappa shape index (κ3) is 3.36. The largest absolute Gasteiger partial charge is 0.493 e. The third-order valence-corrected chi connectivity index (χ3v) is 5.49. The Bertz CT molecular complexity index is 539. The van der Waals surface area contributed by atoms with Crippen LogP contribution in [0, 0.1) is 5.41 Å². The van der Waals surface area contributed by atoms with Gasteiger partial charge in [0.2, 0.25) is 5.91 Å². The van der Waals surface area contributed by atoms with Crippen LogP contribution in [0.1, 0.15) is 37.8 Å². The maximum atomic E-state index is 13.1. The highest BCUT2D eigenvalue weighted by Gasteiger charge is 2.37. The van der Waals surface area contributed by atoms with Crippen molar-refractivity contribution in [3.8, 4) is 11.5 Å². The molecule has 2 rings (SSSR count). The molecule has 5 heteroatoms. The van der Waals surface area contributed by atoms with E-state index in [2.05, 4.69) is 13.8 Å². The average Bonchev–Trinajstić information content (AvgIpc) is 2.84. The third-order valence-electron chi connectivity index (χ3n) is 5.49. The molecule has 1 aliphatic heterocycles. The van der Waals surface area contributed by atoms with Gasteiger partial charge in [0.15, 0.2) is 11.5 Å². The first-order chi connectivity index (χ1) is 11.5. The molecule has 0 radical (unpaired) electrons. The number of ether oxygens (including phenoxy) is 2. The number of carbonyl (C=O) groups is 1. The van der Waals surface area contributed by atoms with E-state index in [1.165, 1.54) is 11.1 Å². The Morgan fingerprint density at radius 3 is 1.88 bits per heavy atom. The van der Waals surface area contributed by atoms with Gasteiger partial charge in [-0.3, -0.25) is 4.79 Å². The summed E-state index contributed by atoms with van der Waals surface area (Å²) in [5.41, 5.74) is 7.99. The second-order valence-corrected chi connectivity index (χ2v) is 6.46. The SMILES string of the molecule is CCC(CC)(CN)C(=O)N1CCc2cc(OC)c(OC)cc2CC1. The van der Waals surface area contributed by atoms with Gasteiger partial charge in [0.05, 0.1) is 19.6 Å². The highest BCUT2D eigenvalue weighted by atomic mass is 16.5. The molecule has 134 valence electrons. The molecule has 1 amide bonds. The molecular weight excluding hydrogens is 304 g/mol. The smallest absolute Gasteiger partial charge is 0.230 e. The lowest BCUT2D eigenvalue weighted by Gasteiger charge is -2.34. The maximum Gasteiger partial charge on any atom is 0.230 e. The van der Waals surface area contributed by atoms with Gasteiger partial charge in [-0.05, 0) is 48.9 Å². The van der Waals surface area contributed by atoms with Crippen molar-refractivity contribution in [2.45, 2.75) is 39.5 Å². The second kappa shape index (κ2) is 7.88. The van der Waals surface area contributed by atoms with Gasteiger partial charge in [0.1, 0.15) is 0 Å². The van der Waals surface area contributed by atoms with Crippen LogP contribution in [0.3, 0.4) is 0 Å². The zero-order valence-electron chi connectivity index (χ0n) is 15.4. The lowest BCUT2D eigenvalue weighted by atomic mass is 9.81. The normalized spacial score (nSPS) is 14.8. The molecule has 1 aromatic carbocycles. The number of hydrogen-bond donors (Lipinski definition) is 1. The molecule has 0 saturated heterocycles. The molecular formula is C19H30N2O3. The molecule has 0 fully saturated rings. The van der Waals surface area contributed by atoms with Crippen LogP contribution in [0.25, 0.3) is 0 Å². The van der Waals surface area contributed by atoms with Crippen molar-refractivity contribution in [3.05, 3.63) is 23.3 Å². The van der Waals surface area contributed by atoms with Crippen molar-refractivity contribution >= 4 is 5.91 Å². The molecule has 0 aliphatic carbocycles. The summed E-state index contributed by atoms with van der Waals surface area (Å²) in [5.74, 6) is 1.69. The predicted octanol–water partition coefficient (Wildman–Crippen LogP) is 2.40. The summed E-state index contributed by atoms with van der Waals surface area (Å²) in [4.78, 5) is 15.0. The van der Waals surface area contributed by atoms with E-state index in [0.29, 0.717) is 6.54 Å². The van der Waals surface area contributed by atoms with Crippen LogP contribution in [-0.4, -0.2) is 44.7 Å². The van der Waals surface area contributed by atoms with Crippen LogP contribution in [-0.2, 0) is 17.6 Å². The van der Waals surface area contributed by atoms with Gasteiger partial charge in [-0.1, -0.05) is 13.8 Å². The van der Waals surface area contributed by atoms with Crippen LogP contribution in [0.2, 0.25) is 0 Å². The predicted molar refractivity (Wildman–Crippen MR) is 95.6 cm³/mol. The fraction of sp³-hybridized carbons (Fsp3) is 0.632. The molecule has 1 aliphatic rings. The number of nitrogens with zero attached hydrogens (tertiary/aromatic N) is 1. The maximum absolute atomic E-state index is 13.1. The summed E-state index contributed by atoms with van der Waals surface area (Å²) in [7, 11) is 3.30. The molecule has 1 aromatic rings. The molecule has 0 unspecified atom stereocenters. The molecule has 0 spiro atoms. The summed E-state index contributed by atoms with van der Waals surface area (Å²) >= 11 is 0. The van der Waals surface area contributed by atoms with E-state index >= 15 is 0 Å². The fourth-order valence-electron chi connectivity index (χ4n) is 3.52. The van der Waals surface area contributed by atoms with E-state index in [4.69, 9.17) is 15.2 Å². The number of fused-ring (bicyclic) bond motifs is 1. The van der Waals surface area contributed by atoms with Crippen molar-refractivity contribution in [2.24, 2.45) is 11.1 Å². The number of methoxy groups -OCH3 is 2. The zero-order chi connectivity index (χ0) is 17.7. The summed E-state index contributed by atoms with van der Waals surface area (Å²) in [6, 6.07) is 4.08. The van der Waals surface area contributed by atoms with Gasteiger partial charge >= 0.3 is 0 Å². The highest BCUT2D eigenvalue weighted by Crippen LogP contribution is 2.33. The number of amides is 1. The quantitative estimate of drug-likeness (QED) is 0.867. The highest BCUT2D eigenvalue weighted by molar-refractivity contribution is 5.83. The van der Waals surface area contributed by atoms with Gasteiger partial charge in [0.25, 0.3) is 0 Å². The van der Waals surface area contributed by atoms with E-state index in [-0.39, 0.29) is 5.91 Å². The Kier molecular flexibility index (Phi) is 6.10. The molecule has 1 heterocycles. The summed E-state index contributed by atoms with van der Waals surface area (Å²) < 4.78 is 10.8. The first-order valence-electron chi connectivity index (χ1n) is 8.78. The zero-order valence-corrected chi connectivity index (χ0v) is 15.4. The molecule has 5 nitrogen and oxygen atoms in total. The van der Waals surface area contributed by atoms with Gasteiger partial charge < -0.3 is 20.1 Å². The van der Waals surface area contributed by atoms with Crippen LogP contribution >= 0.6 is 0 Å². The van der Waals surface area contributed by atoms with E-state index in [1.54, 1.807) is 14.2 Å². The Morgan fingerprint density at radius 1 is 1.08 bits per heavy atom. The van der Waals surface area contributed by atoms with Crippen LogP contribution in [0.15, 0.2) is 12.1 Å². The summed E-state index contributed by atoms with van der Waals surface area (Å²) in [5, 5.41) is 0. The standard InChI is InChI=1S/C19H30N2O3/c1-5-19(6-2,13-20)18(22)21-9-7-14-11-16(23-3)17(24-4)12-15(14)8-10-21/h11-12H,5-10,13,20H2,1-4H3. The molecule has 0 aromatic heterocycles. The first-order valence-corrected chi connectivity index (χ1v) is 8.78. The lowest BCUT2D eigenvalue weighted by molar-refractivity contribution is -0.142. The van der Waals surface area contributed by atoms with Crippen molar-refractivity contribution < 1.29 is 14.3 Å². The number of hydrogen-bond acceptors (Lipinski definition) is 4. The van der Waals surface area contributed by atoms with Crippen LogP contribution in [0.4, 0.5) is 0 Å². The van der Waals surface area contributed by atoms with E-state index < -0.39 is 5.41 Å². The van der Waals surface area contributed by atoms with Crippen LogP contribution in [0.5, 0.6) is 11.5 Å². The van der Waals surface area contributed by atoms with Crippen molar-refractivity contribution in [1.29, 1.82) is 0 Å². The molecule has 24 heavy (non-hydrogen) atoms. The topological polar surface area (TPSA) is 64.8 Å². The van der Waals surface area contributed by atoms with E-state index in [0.717, 1.165) is 50.3 Å². The van der Waals surface area contributed by atoms with Gasteiger partial charge in [-0.2, -0.15) is 0 Å². The van der Waals surface area contributed by atoms with Crippen LogP contribution < -0.4 is 15.2 Å². The van der Waals surface area contributed by atoms with E-state index in [1.807, 2.05) is 17.0 Å². The number of carbonyl (C=O) groups excluding carboxylic acids is 1. The van der Waals surface area contributed by atoms with Crippen molar-refractivity contribution in [2.75, 3.05) is 33.9 Å². The molecule has 2 N–H and O–H groups in total. The molecule has 0 atom stereocenters. The van der Waals surface area contributed by atoms with Gasteiger partial charge in [-0.15, -0.1) is 0 Å². The number of benzene rings is 1. The minimum atomic E-state index is -0.425. The molecule has 0 bridgehead atoms. The number of rotatable bonds is 6. The Hall–Kier alpha value is -1.75. The summed E-state index contributed by atoms with van der Waals surface area (Å²) in [6.45, 7) is 5.96. The second-order valence-electron chi connectivity index (χ2n) is 6.46. The Morgan fingerprint density at radius 2 is 1.54 bits per heavy atom. The first kappa shape index (κ1) is 18.6. The number of nitrogens with two attached hydrogens (primary N) is 1. The fourth-order valence-corrected chi connectivity index (χ4v) is 3.52.